The SMILES string of the molecule is O=C1OCCCCCCCCC/C=C/CC1S(=O)(=O)c1ccccc1. The molecular weight excluding hydrogens is 336 g/mol. The summed E-state index contributed by atoms with van der Waals surface area (Å²) >= 11 is 0. The molecule has 1 aliphatic rings. The number of rotatable bonds is 2. The molecule has 0 radical (unpaired) electrons. The molecule has 0 bridgehead atoms. The maximum atomic E-state index is 12.9. The highest BCUT2D eigenvalue weighted by Gasteiger charge is 2.34. The molecule has 0 saturated heterocycles. The van der Waals surface area contributed by atoms with E-state index in [4.69, 9.17) is 4.74 Å². The Balaban J connectivity index is 2.15. The number of benzene rings is 1. The zero-order valence-electron chi connectivity index (χ0n) is 14.7. The smallest absolute Gasteiger partial charge is 0.325 e. The van der Waals surface area contributed by atoms with Crippen molar-refractivity contribution in [3.05, 3.63) is 42.5 Å². The minimum absolute atomic E-state index is 0.163. The fraction of sp³-hybridized carbons (Fsp3) is 0.550. The Bertz CT molecular complexity index is 650. The van der Waals surface area contributed by atoms with Crippen molar-refractivity contribution in [2.45, 2.75) is 67.9 Å². The summed E-state index contributed by atoms with van der Waals surface area (Å²) in [6.45, 7) is 0.295. The first-order valence-corrected chi connectivity index (χ1v) is 10.8. The summed E-state index contributed by atoms with van der Waals surface area (Å²) in [6.07, 6.45) is 12.6. The quantitative estimate of drug-likeness (QED) is 0.574. The number of carbonyl (C=O) groups is 1. The molecule has 1 aromatic rings. The Morgan fingerprint density at radius 1 is 0.840 bits per heavy atom. The lowest BCUT2D eigenvalue weighted by atomic mass is 10.1. The number of allylic oxidation sites excluding steroid dienone is 2. The fourth-order valence-electron chi connectivity index (χ4n) is 2.98. The van der Waals surface area contributed by atoms with Crippen LogP contribution in [0.5, 0.6) is 0 Å². The van der Waals surface area contributed by atoms with Crippen LogP contribution in [0.3, 0.4) is 0 Å². The molecule has 1 aromatic carbocycles. The number of hydrogen-bond acceptors (Lipinski definition) is 4. The van der Waals surface area contributed by atoms with Gasteiger partial charge in [-0.05, 0) is 37.8 Å². The third kappa shape index (κ3) is 6.31. The second-order valence-electron chi connectivity index (χ2n) is 6.48. The van der Waals surface area contributed by atoms with Crippen LogP contribution in [0.1, 0.15) is 57.8 Å². The third-order valence-corrected chi connectivity index (χ3v) is 6.55. The van der Waals surface area contributed by atoms with E-state index in [-0.39, 0.29) is 11.3 Å². The molecule has 0 aromatic heterocycles. The first-order valence-electron chi connectivity index (χ1n) is 9.23. The summed E-state index contributed by atoms with van der Waals surface area (Å²) in [5, 5.41) is -1.17. The molecule has 1 atom stereocenters. The summed E-state index contributed by atoms with van der Waals surface area (Å²) in [5.41, 5.74) is 0. The van der Waals surface area contributed by atoms with Gasteiger partial charge in [-0.3, -0.25) is 4.79 Å². The van der Waals surface area contributed by atoms with E-state index in [2.05, 4.69) is 0 Å². The van der Waals surface area contributed by atoms with Crippen LogP contribution in [0.25, 0.3) is 0 Å². The van der Waals surface area contributed by atoms with Gasteiger partial charge in [0.15, 0.2) is 15.1 Å². The standard InChI is InChI=1S/C20H28O4S/c21-20-19(25(22,23)18-14-10-9-11-15-18)16-12-7-5-3-1-2-4-6-8-13-17-24-20/h7,9-12,14-15,19H,1-6,8,13,16-17H2/b12-7+. The number of sulfone groups is 1. The van der Waals surface area contributed by atoms with Gasteiger partial charge in [0.25, 0.3) is 0 Å². The molecule has 138 valence electrons. The summed E-state index contributed by atoms with van der Waals surface area (Å²) in [5.74, 6) is -0.636. The summed E-state index contributed by atoms with van der Waals surface area (Å²) < 4.78 is 31.0. The summed E-state index contributed by atoms with van der Waals surface area (Å²) in [7, 11) is -3.75. The van der Waals surface area contributed by atoms with Crippen molar-refractivity contribution in [1.82, 2.24) is 0 Å². The Morgan fingerprint density at radius 2 is 1.48 bits per heavy atom. The minimum atomic E-state index is -3.75. The molecule has 0 aliphatic carbocycles. The number of cyclic esters (lactones) is 1. The van der Waals surface area contributed by atoms with Gasteiger partial charge >= 0.3 is 5.97 Å². The second-order valence-corrected chi connectivity index (χ2v) is 8.62. The van der Waals surface area contributed by atoms with Gasteiger partial charge in [-0.2, -0.15) is 0 Å². The molecule has 4 nitrogen and oxygen atoms in total. The maximum Gasteiger partial charge on any atom is 0.325 e. The molecule has 0 N–H and O–H groups in total. The van der Waals surface area contributed by atoms with Gasteiger partial charge in [-0.15, -0.1) is 0 Å². The first kappa shape index (κ1) is 19.7. The van der Waals surface area contributed by atoms with E-state index in [1.54, 1.807) is 18.2 Å². The van der Waals surface area contributed by atoms with E-state index in [0.717, 1.165) is 32.1 Å². The van der Waals surface area contributed by atoms with E-state index >= 15 is 0 Å². The molecule has 1 aliphatic heterocycles. The molecule has 1 heterocycles. The van der Waals surface area contributed by atoms with Crippen molar-refractivity contribution in [1.29, 1.82) is 0 Å². The molecule has 0 spiro atoms. The molecule has 0 saturated carbocycles. The maximum absolute atomic E-state index is 12.9. The Morgan fingerprint density at radius 3 is 2.20 bits per heavy atom. The number of hydrogen-bond donors (Lipinski definition) is 0. The van der Waals surface area contributed by atoms with E-state index in [1.165, 1.54) is 31.4 Å². The Labute approximate surface area is 151 Å². The molecule has 1 unspecified atom stereocenters. The lowest BCUT2D eigenvalue weighted by Crippen LogP contribution is -2.32. The van der Waals surface area contributed by atoms with Crippen LogP contribution in [-0.2, 0) is 19.4 Å². The Kier molecular flexibility index (Phi) is 8.19. The molecule has 0 amide bonds. The zero-order chi connectivity index (χ0) is 18.0. The highest BCUT2D eigenvalue weighted by Crippen LogP contribution is 2.21. The normalized spacial score (nSPS) is 23.0. The minimum Gasteiger partial charge on any atom is -0.465 e. The van der Waals surface area contributed by atoms with Crippen molar-refractivity contribution >= 4 is 15.8 Å². The van der Waals surface area contributed by atoms with E-state index in [9.17, 15) is 13.2 Å². The molecule has 5 heteroatoms. The largest absolute Gasteiger partial charge is 0.465 e. The number of carbonyl (C=O) groups excluding carboxylic acids is 1. The number of ether oxygens (including phenoxy) is 1. The van der Waals surface area contributed by atoms with E-state index < -0.39 is 21.1 Å². The van der Waals surface area contributed by atoms with Gasteiger partial charge in [0, 0.05) is 0 Å². The van der Waals surface area contributed by atoms with Gasteiger partial charge in [0.2, 0.25) is 0 Å². The number of esters is 1. The van der Waals surface area contributed by atoms with Gasteiger partial charge in [0.05, 0.1) is 11.5 Å². The topological polar surface area (TPSA) is 60.4 Å². The Hall–Kier alpha value is -1.62. The molecule has 0 fully saturated rings. The van der Waals surface area contributed by atoms with E-state index in [1.807, 2.05) is 12.2 Å². The third-order valence-electron chi connectivity index (χ3n) is 4.49. The lowest BCUT2D eigenvalue weighted by molar-refractivity contribution is -0.143. The van der Waals surface area contributed by atoms with Crippen molar-refractivity contribution in [3.63, 3.8) is 0 Å². The predicted molar refractivity (Wildman–Crippen MR) is 99.1 cm³/mol. The average Bonchev–Trinajstić information content (AvgIpc) is 2.62. The average molecular weight is 365 g/mol. The summed E-state index contributed by atoms with van der Waals surface area (Å²) in [4.78, 5) is 12.6. The van der Waals surface area contributed by atoms with Crippen LogP contribution < -0.4 is 0 Å². The molecule has 2 rings (SSSR count). The predicted octanol–water partition coefficient (Wildman–Crippen LogP) is 4.45. The van der Waals surface area contributed by atoms with Crippen molar-refractivity contribution in [2.24, 2.45) is 0 Å². The lowest BCUT2D eigenvalue weighted by Gasteiger charge is -2.15. The van der Waals surface area contributed by atoms with Crippen LogP contribution >= 0.6 is 0 Å². The summed E-state index contributed by atoms with van der Waals surface area (Å²) in [6, 6.07) is 8.15. The van der Waals surface area contributed by atoms with Gasteiger partial charge in [-0.1, -0.05) is 62.5 Å². The monoisotopic (exact) mass is 364 g/mol. The molecule has 25 heavy (non-hydrogen) atoms. The molecular formula is C20H28O4S. The first-order chi connectivity index (χ1) is 12.1. The van der Waals surface area contributed by atoms with Gasteiger partial charge in [0.1, 0.15) is 0 Å². The van der Waals surface area contributed by atoms with Crippen molar-refractivity contribution < 1.29 is 17.9 Å². The van der Waals surface area contributed by atoms with Crippen LogP contribution in [0.4, 0.5) is 0 Å². The zero-order valence-corrected chi connectivity index (χ0v) is 15.5. The highest BCUT2D eigenvalue weighted by molar-refractivity contribution is 7.92. The van der Waals surface area contributed by atoms with Crippen molar-refractivity contribution in [3.8, 4) is 0 Å². The fourth-order valence-corrected chi connectivity index (χ4v) is 4.53. The van der Waals surface area contributed by atoms with Gasteiger partial charge < -0.3 is 4.74 Å². The van der Waals surface area contributed by atoms with Crippen LogP contribution in [-0.4, -0.2) is 26.2 Å². The van der Waals surface area contributed by atoms with Crippen LogP contribution in [0, 0.1) is 0 Å². The van der Waals surface area contributed by atoms with E-state index in [0.29, 0.717) is 6.61 Å². The van der Waals surface area contributed by atoms with Gasteiger partial charge in [-0.25, -0.2) is 8.42 Å². The van der Waals surface area contributed by atoms with Crippen molar-refractivity contribution in [2.75, 3.05) is 6.61 Å². The van der Waals surface area contributed by atoms with Crippen LogP contribution in [0.15, 0.2) is 47.4 Å². The highest BCUT2D eigenvalue weighted by atomic mass is 32.2. The van der Waals surface area contributed by atoms with Crippen LogP contribution in [0.2, 0.25) is 0 Å². The second kappa shape index (κ2) is 10.4.